The smallest absolute Gasteiger partial charge is 0.319 e. The summed E-state index contributed by atoms with van der Waals surface area (Å²) in [7, 11) is 0. The Bertz CT molecular complexity index is 493. The predicted octanol–water partition coefficient (Wildman–Crippen LogP) is 2.43. The number of amides is 3. The van der Waals surface area contributed by atoms with Crippen LogP contribution in [0.5, 0.6) is 0 Å². The highest BCUT2D eigenvalue weighted by Crippen LogP contribution is 2.12. The maximum Gasteiger partial charge on any atom is 0.319 e. The van der Waals surface area contributed by atoms with Crippen molar-refractivity contribution >= 4 is 40.2 Å². The lowest BCUT2D eigenvalue weighted by Gasteiger charge is -2.15. The molecule has 6 heteroatoms. The molecule has 3 amide bonds. The number of carbonyl (C=O) groups excluding carboxylic acids is 2. The van der Waals surface area contributed by atoms with Gasteiger partial charge in [0, 0.05) is 35.3 Å². The number of hydrogen-bond donors (Lipinski definition) is 2. The number of urea groups is 1. The molecule has 1 aromatic carbocycles. The first-order chi connectivity index (χ1) is 9.65. The SMILES string of the molecule is O=C(NCCCN1CCCC1=O)Nc1cccc(I)c1. The van der Waals surface area contributed by atoms with Crippen LogP contribution in [0.1, 0.15) is 19.3 Å². The molecule has 0 radical (unpaired) electrons. The third-order valence-electron chi connectivity index (χ3n) is 3.14. The fourth-order valence-corrected chi connectivity index (χ4v) is 2.70. The zero-order valence-corrected chi connectivity index (χ0v) is 13.4. The van der Waals surface area contributed by atoms with Gasteiger partial charge < -0.3 is 15.5 Å². The molecule has 0 aliphatic carbocycles. The number of benzene rings is 1. The molecular formula is C14H18IN3O2. The van der Waals surface area contributed by atoms with Crippen molar-refractivity contribution in [1.82, 2.24) is 10.2 Å². The minimum atomic E-state index is -0.209. The molecule has 5 nitrogen and oxygen atoms in total. The lowest BCUT2D eigenvalue weighted by Crippen LogP contribution is -2.33. The zero-order chi connectivity index (χ0) is 14.4. The number of nitrogens with one attached hydrogen (secondary N) is 2. The van der Waals surface area contributed by atoms with E-state index in [-0.39, 0.29) is 11.9 Å². The third-order valence-corrected chi connectivity index (χ3v) is 3.82. The molecule has 1 aliphatic heterocycles. The van der Waals surface area contributed by atoms with Crippen molar-refractivity contribution in [2.24, 2.45) is 0 Å². The molecule has 1 aromatic rings. The van der Waals surface area contributed by atoms with Gasteiger partial charge in [0.1, 0.15) is 0 Å². The van der Waals surface area contributed by atoms with Crippen molar-refractivity contribution in [2.75, 3.05) is 25.0 Å². The largest absolute Gasteiger partial charge is 0.343 e. The van der Waals surface area contributed by atoms with Gasteiger partial charge in [-0.3, -0.25) is 4.79 Å². The van der Waals surface area contributed by atoms with Crippen molar-refractivity contribution < 1.29 is 9.59 Å². The topological polar surface area (TPSA) is 61.4 Å². The average molecular weight is 387 g/mol. The van der Waals surface area contributed by atoms with E-state index >= 15 is 0 Å². The summed E-state index contributed by atoms with van der Waals surface area (Å²) in [6.45, 7) is 2.15. The normalized spacial score (nSPS) is 14.4. The first kappa shape index (κ1) is 15.1. The first-order valence-electron chi connectivity index (χ1n) is 6.73. The number of anilines is 1. The zero-order valence-electron chi connectivity index (χ0n) is 11.2. The highest BCUT2D eigenvalue weighted by Gasteiger charge is 2.18. The molecule has 0 atom stereocenters. The Morgan fingerprint density at radius 3 is 2.95 bits per heavy atom. The van der Waals surface area contributed by atoms with Crippen LogP contribution < -0.4 is 10.6 Å². The van der Waals surface area contributed by atoms with Gasteiger partial charge in [0.2, 0.25) is 5.91 Å². The Hall–Kier alpha value is -1.31. The highest BCUT2D eigenvalue weighted by molar-refractivity contribution is 14.1. The van der Waals surface area contributed by atoms with Crippen LogP contribution in [0.4, 0.5) is 10.5 Å². The Kier molecular flexibility index (Phi) is 5.63. The van der Waals surface area contributed by atoms with Gasteiger partial charge in [-0.1, -0.05) is 6.07 Å². The lowest BCUT2D eigenvalue weighted by atomic mass is 10.3. The standard InChI is InChI=1S/C14H18IN3O2/c15-11-4-1-5-12(10-11)17-14(20)16-7-3-9-18-8-2-6-13(18)19/h1,4-5,10H,2-3,6-9H2,(H2,16,17,20). The van der Waals surface area contributed by atoms with Gasteiger partial charge in [-0.15, -0.1) is 0 Å². The molecule has 1 fully saturated rings. The van der Waals surface area contributed by atoms with Gasteiger partial charge in [-0.25, -0.2) is 4.79 Å². The number of hydrogen-bond acceptors (Lipinski definition) is 2. The van der Waals surface area contributed by atoms with E-state index in [2.05, 4.69) is 33.2 Å². The van der Waals surface area contributed by atoms with E-state index in [4.69, 9.17) is 0 Å². The van der Waals surface area contributed by atoms with Gasteiger partial charge in [0.05, 0.1) is 0 Å². The van der Waals surface area contributed by atoms with E-state index in [0.717, 1.165) is 35.2 Å². The first-order valence-corrected chi connectivity index (χ1v) is 7.81. The Morgan fingerprint density at radius 1 is 1.40 bits per heavy atom. The van der Waals surface area contributed by atoms with Crippen LogP contribution >= 0.6 is 22.6 Å². The number of likely N-dealkylation sites (tertiary alicyclic amines) is 1. The second kappa shape index (κ2) is 7.47. The minimum Gasteiger partial charge on any atom is -0.343 e. The molecule has 0 bridgehead atoms. The van der Waals surface area contributed by atoms with Crippen molar-refractivity contribution in [3.05, 3.63) is 27.8 Å². The van der Waals surface area contributed by atoms with E-state index < -0.39 is 0 Å². The van der Waals surface area contributed by atoms with Gasteiger partial charge in [-0.05, 0) is 53.6 Å². The van der Waals surface area contributed by atoms with Crippen LogP contribution in [0.15, 0.2) is 24.3 Å². The monoisotopic (exact) mass is 387 g/mol. The number of rotatable bonds is 5. The molecule has 20 heavy (non-hydrogen) atoms. The summed E-state index contributed by atoms with van der Waals surface area (Å²) in [4.78, 5) is 24.9. The summed E-state index contributed by atoms with van der Waals surface area (Å²) in [6.07, 6.45) is 2.41. The number of carbonyl (C=O) groups is 2. The van der Waals surface area contributed by atoms with Gasteiger partial charge in [0.25, 0.3) is 0 Å². The summed E-state index contributed by atoms with van der Waals surface area (Å²) in [5, 5.41) is 5.58. The maximum absolute atomic E-state index is 11.7. The molecule has 0 spiro atoms. The average Bonchev–Trinajstić information content (AvgIpc) is 2.80. The minimum absolute atomic E-state index is 0.209. The molecule has 0 saturated carbocycles. The second-order valence-corrected chi connectivity index (χ2v) is 5.97. The number of halogens is 1. The van der Waals surface area contributed by atoms with Crippen LogP contribution in [0, 0.1) is 3.57 Å². The van der Waals surface area contributed by atoms with Gasteiger partial charge in [-0.2, -0.15) is 0 Å². The summed E-state index contributed by atoms with van der Waals surface area (Å²) in [5.74, 6) is 0.230. The van der Waals surface area contributed by atoms with Gasteiger partial charge >= 0.3 is 6.03 Å². The van der Waals surface area contributed by atoms with Crippen LogP contribution in [0.25, 0.3) is 0 Å². The summed E-state index contributed by atoms with van der Waals surface area (Å²) >= 11 is 2.20. The summed E-state index contributed by atoms with van der Waals surface area (Å²) < 4.78 is 1.08. The van der Waals surface area contributed by atoms with Crippen molar-refractivity contribution in [2.45, 2.75) is 19.3 Å². The lowest BCUT2D eigenvalue weighted by molar-refractivity contribution is -0.127. The summed E-state index contributed by atoms with van der Waals surface area (Å²) in [6, 6.07) is 7.42. The van der Waals surface area contributed by atoms with Crippen molar-refractivity contribution in [3.8, 4) is 0 Å². The summed E-state index contributed by atoms with van der Waals surface area (Å²) in [5.41, 5.74) is 0.782. The molecule has 0 aromatic heterocycles. The van der Waals surface area contributed by atoms with Crippen LogP contribution in [-0.2, 0) is 4.79 Å². The molecule has 1 saturated heterocycles. The van der Waals surface area contributed by atoms with E-state index in [0.29, 0.717) is 13.0 Å². The molecule has 2 N–H and O–H groups in total. The fraction of sp³-hybridized carbons (Fsp3) is 0.429. The van der Waals surface area contributed by atoms with E-state index in [9.17, 15) is 9.59 Å². The second-order valence-electron chi connectivity index (χ2n) is 4.73. The fourth-order valence-electron chi connectivity index (χ4n) is 2.15. The van der Waals surface area contributed by atoms with E-state index in [1.165, 1.54) is 0 Å². The van der Waals surface area contributed by atoms with Crippen LogP contribution in [-0.4, -0.2) is 36.5 Å². The molecule has 108 valence electrons. The Labute approximate surface area is 132 Å². The van der Waals surface area contributed by atoms with E-state index in [1.807, 2.05) is 29.2 Å². The molecular weight excluding hydrogens is 369 g/mol. The predicted molar refractivity (Wildman–Crippen MR) is 86.6 cm³/mol. The molecule has 0 unspecified atom stereocenters. The number of nitrogens with zero attached hydrogens (tertiary/aromatic N) is 1. The Morgan fingerprint density at radius 2 is 2.25 bits per heavy atom. The molecule has 1 heterocycles. The van der Waals surface area contributed by atoms with Gasteiger partial charge in [0.15, 0.2) is 0 Å². The highest BCUT2D eigenvalue weighted by atomic mass is 127. The quantitative estimate of drug-likeness (QED) is 0.602. The van der Waals surface area contributed by atoms with Crippen molar-refractivity contribution in [3.63, 3.8) is 0 Å². The maximum atomic E-state index is 11.7. The van der Waals surface area contributed by atoms with Crippen LogP contribution in [0.2, 0.25) is 0 Å². The van der Waals surface area contributed by atoms with Crippen molar-refractivity contribution in [1.29, 1.82) is 0 Å². The third kappa shape index (κ3) is 4.66. The van der Waals surface area contributed by atoms with Crippen LogP contribution in [0.3, 0.4) is 0 Å². The van der Waals surface area contributed by atoms with E-state index in [1.54, 1.807) is 0 Å². The Balaban J connectivity index is 1.64. The molecule has 2 rings (SSSR count). The molecule has 1 aliphatic rings.